The van der Waals surface area contributed by atoms with Gasteiger partial charge in [0.1, 0.15) is 0 Å². The minimum atomic E-state index is 0. The van der Waals surface area contributed by atoms with Crippen molar-refractivity contribution in [2.45, 2.75) is 39.5 Å². The van der Waals surface area contributed by atoms with E-state index in [4.69, 9.17) is 0 Å². The van der Waals surface area contributed by atoms with Gasteiger partial charge in [0.05, 0.1) is 0 Å². The van der Waals surface area contributed by atoms with Crippen LogP contribution in [-0.2, 0) is 4.79 Å². The molecule has 0 heterocycles. The highest BCUT2D eigenvalue weighted by Crippen LogP contribution is 2.27. The Labute approximate surface area is 135 Å². The van der Waals surface area contributed by atoms with Gasteiger partial charge in [0, 0.05) is 19.5 Å². The average Bonchev–Trinajstić information content (AvgIpc) is 2.45. The van der Waals surface area contributed by atoms with Gasteiger partial charge in [-0.1, -0.05) is 51.1 Å². The van der Waals surface area contributed by atoms with Crippen LogP contribution in [0.15, 0.2) is 30.3 Å². The summed E-state index contributed by atoms with van der Waals surface area (Å²) in [6.07, 6.45) is 1.69. The van der Waals surface area contributed by atoms with Gasteiger partial charge >= 0.3 is 0 Å². The van der Waals surface area contributed by atoms with Crippen molar-refractivity contribution in [2.75, 3.05) is 19.6 Å². The summed E-state index contributed by atoms with van der Waals surface area (Å²) in [5.74, 6) is 0.895. The zero-order chi connectivity index (χ0) is 14.8. The first-order valence-electron chi connectivity index (χ1n) is 7.67. The van der Waals surface area contributed by atoms with Crippen LogP contribution in [-0.4, -0.2) is 25.5 Å². The van der Waals surface area contributed by atoms with Gasteiger partial charge in [0.15, 0.2) is 0 Å². The fourth-order valence-electron chi connectivity index (χ4n) is 2.30. The minimum Gasteiger partial charge on any atom is -0.355 e. The third-order valence-corrected chi connectivity index (χ3v) is 3.49. The normalized spacial score (nSPS) is 11.8. The number of hydrogen-bond donors (Lipinski definition) is 2. The first-order chi connectivity index (χ1) is 9.65. The maximum absolute atomic E-state index is 12.0. The van der Waals surface area contributed by atoms with Crippen LogP contribution < -0.4 is 10.6 Å². The van der Waals surface area contributed by atoms with Crippen molar-refractivity contribution in [3.05, 3.63) is 35.9 Å². The van der Waals surface area contributed by atoms with E-state index < -0.39 is 0 Å². The molecule has 0 radical (unpaired) electrons. The first kappa shape index (κ1) is 19.9. The Morgan fingerprint density at radius 2 is 1.76 bits per heavy atom. The summed E-state index contributed by atoms with van der Waals surface area (Å²) in [6.45, 7) is 9.05. The summed E-state index contributed by atoms with van der Waals surface area (Å²) >= 11 is 0. The molecule has 21 heavy (non-hydrogen) atoms. The van der Waals surface area contributed by atoms with Crippen LogP contribution in [0.5, 0.6) is 0 Å². The zero-order valence-electron chi connectivity index (χ0n) is 13.4. The van der Waals surface area contributed by atoms with Crippen LogP contribution in [0.2, 0.25) is 0 Å². The van der Waals surface area contributed by atoms with Gasteiger partial charge in [-0.15, -0.1) is 12.4 Å². The summed E-state index contributed by atoms with van der Waals surface area (Å²) in [6, 6.07) is 10.3. The molecule has 2 N–H and O–H groups in total. The summed E-state index contributed by atoms with van der Waals surface area (Å²) in [5, 5.41) is 6.28. The van der Waals surface area contributed by atoms with E-state index >= 15 is 0 Å². The quantitative estimate of drug-likeness (QED) is 0.687. The number of amides is 1. The lowest BCUT2D eigenvalue weighted by Gasteiger charge is -2.21. The maximum Gasteiger partial charge on any atom is 0.220 e. The Bertz CT molecular complexity index is 382. The number of carbonyl (C=O) groups is 1. The van der Waals surface area contributed by atoms with Crippen molar-refractivity contribution in [1.29, 1.82) is 0 Å². The molecule has 1 unspecified atom stereocenters. The van der Waals surface area contributed by atoms with Crippen molar-refractivity contribution in [2.24, 2.45) is 5.92 Å². The van der Waals surface area contributed by atoms with Gasteiger partial charge in [0.25, 0.3) is 0 Å². The lowest BCUT2D eigenvalue weighted by Crippen LogP contribution is -2.33. The number of hydrogen-bond acceptors (Lipinski definition) is 2. The summed E-state index contributed by atoms with van der Waals surface area (Å²) in [5.41, 5.74) is 1.25. The smallest absolute Gasteiger partial charge is 0.220 e. The van der Waals surface area contributed by atoms with E-state index in [1.807, 2.05) is 18.2 Å². The highest BCUT2D eigenvalue weighted by molar-refractivity contribution is 5.85. The van der Waals surface area contributed by atoms with E-state index in [0.29, 0.717) is 24.8 Å². The Balaban J connectivity index is 0.00000400. The van der Waals surface area contributed by atoms with E-state index in [-0.39, 0.29) is 18.3 Å². The number of halogens is 1. The Morgan fingerprint density at radius 1 is 1.10 bits per heavy atom. The molecule has 0 spiro atoms. The lowest BCUT2D eigenvalue weighted by molar-refractivity contribution is -0.121. The molecule has 1 aromatic carbocycles. The highest BCUT2D eigenvalue weighted by atomic mass is 35.5. The van der Waals surface area contributed by atoms with Crippen molar-refractivity contribution < 1.29 is 4.79 Å². The van der Waals surface area contributed by atoms with Crippen LogP contribution >= 0.6 is 12.4 Å². The van der Waals surface area contributed by atoms with Gasteiger partial charge < -0.3 is 10.6 Å². The number of carbonyl (C=O) groups excluding carboxylic acids is 1. The maximum atomic E-state index is 12.0. The molecule has 1 aromatic rings. The SMILES string of the molecule is CCCNCCNC(=O)CC(c1ccccc1)C(C)C.Cl. The van der Waals surface area contributed by atoms with Crippen LogP contribution in [0.4, 0.5) is 0 Å². The Kier molecular flexibility index (Phi) is 11.0. The largest absolute Gasteiger partial charge is 0.355 e. The molecule has 0 saturated carbocycles. The van der Waals surface area contributed by atoms with E-state index in [0.717, 1.165) is 19.5 Å². The number of rotatable bonds is 9. The molecule has 1 rings (SSSR count). The van der Waals surface area contributed by atoms with E-state index in [1.54, 1.807) is 0 Å². The van der Waals surface area contributed by atoms with Gasteiger partial charge in [0.2, 0.25) is 5.91 Å². The first-order valence-corrected chi connectivity index (χ1v) is 7.67. The molecule has 0 bridgehead atoms. The summed E-state index contributed by atoms with van der Waals surface area (Å²) in [7, 11) is 0. The molecule has 0 aliphatic heterocycles. The second-order valence-electron chi connectivity index (χ2n) is 5.57. The summed E-state index contributed by atoms with van der Waals surface area (Å²) in [4.78, 5) is 12.0. The van der Waals surface area contributed by atoms with Crippen LogP contribution in [0, 0.1) is 5.92 Å². The van der Waals surface area contributed by atoms with Gasteiger partial charge in [-0.2, -0.15) is 0 Å². The monoisotopic (exact) mass is 312 g/mol. The molecule has 0 fully saturated rings. The second kappa shape index (κ2) is 11.6. The molecule has 120 valence electrons. The zero-order valence-corrected chi connectivity index (χ0v) is 14.2. The third-order valence-electron chi connectivity index (χ3n) is 3.49. The topological polar surface area (TPSA) is 41.1 Å². The molecule has 0 saturated heterocycles. The number of benzene rings is 1. The van der Waals surface area contributed by atoms with Gasteiger partial charge in [-0.05, 0) is 30.4 Å². The lowest BCUT2D eigenvalue weighted by atomic mass is 9.85. The molecule has 0 aromatic heterocycles. The molecular weight excluding hydrogens is 284 g/mol. The van der Waals surface area contributed by atoms with Crippen molar-refractivity contribution in [1.82, 2.24) is 10.6 Å². The van der Waals surface area contributed by atoms with Gasteiger partial charge in [-0.3, -0.25) is 4.79 Å². The average molecular weight is 313 g/mol. The fourth-order valence-corrected chi connectivity index (χ4v) is 2.30. The van der Waals surface area contributed by atoms with Crippen molar-refractivity contribution in [3.8, 4) is 0 Å². The molecule has 1 amide bonds. The third kappa shape index (κ3) is 8.08. The minimum absolute atomic E-state index is 0. The van der Waals surface area contributed by atoms with E-state index in [1.165, 1.54) is 5.56 Å². The van der Waals surface area contributed by atoms with E-state index in [9.17, 15) is 4.79 Å². The predicted molar refractivity (Wildman–Crippen MR) is 92.1 cm³/mol. The van der Waals surface area contributed by atoms with E-state index in [2.05, 4.69) is 43.5 Å². The van der Waals surface area contributed by atoms with Crippen molar-refractivity contribution in [3.63, 3.8) is 0 Å². The second-order valence-corrected chi connectivity index (χ2v) is 5.57. The van der Waals surface area contributed by atoms with Gasteiger partial charge in [-0.25, -0.2) is 0 Å². The fraction of sp³-hybridized carbons (Fsp3) is 0.588. The Morgan fingerprint density at radius 3 is 2.33 bits per heavy atom. The molecule has 0 aliphatic rings. The molecule has 3 nitrogen and oxygen atoms in total. The standard InChI is InChI=1S/C17H28N2O.ClH/c1-4-10-18-11-12-19-17(20)13-16(14(2)3)15-8-6-5-7-9-15;/h5-9,14,16,18H,4,10-13H2,1-3H3,(H,19,20);1H. The Hall–Kier alpha value is -1.06. The van der Waals surface area contributed by atoms with Crippen molar-refractivity contribution >= 4 is 18.3 Å². The molecular formula is C17H29ClN2O. The highest BCUT2D eigenvalue weighted by Gasteiger charge is 2.19. The van der Waals surface area contributed by atoms with Crippen LogP contribution in [0.25, 0.3) is 0 Å². The summed E-state index contributed by atoms with van der Waals surface area (Å²) < 4.78 is 0. The molecule has 1 atom stereocenters. The molecule has 0 aliphatic carbocycles. The van der Waals surface area contributed by atoms with Crippen LogP contribution in [0.1, 0.15) is 45.1 Å². The number of nitrogens with one attached hydrogen (secondary N) is 2. The van der Waals surface area contributed by atoms with Crippen LogP contribution in [0.3, 0.4) is 0 Å². The predicted octanol–water partition coefficient (Wildman–Crippen LogP) is 3.35. The molecule has 4 heteroatoms.